The van der Waals surface area contributed by atoms with Crippen molar-refractivity contribution < 1.29 is 19.1 Å². The molecule has 9 heteroatoms. The van der Waals surface area contributed by atoms with Crippen molar-refractivity contribution in [2.24, 2.45) is 5.10 Å². The zero-order valence-electron chi connectivity index (χ0n) is 16.0. The van der Waals surface area contributed by atoms with Crippen LogP contribution in [-0.2, 0) is 4.74 Å². The Labute approximate surface area is 171 Å². The van der Waals surface area contributed by atoms with Gasteiger partial charge in [-0.15, -0.1) is 0 Å². The van der Waals surface area contributed by atoms with Crippen LogP contribution >= 0.6 is 23.8 Å². The Morgan fingerprint density at radius 3 is 2.81 bits per heavy atom. The van der Waals surface area contributed by atoms with Crippen molar-refractivity contribution in [2.45, 2.75) is 20.0 Å². The Balaban J connectivity index is 1.82. The Kier molecular flexibility index (Phi) is 9.06. The molecule has 1 aromatic rings. The van der Waals surface area contributed by atoms with Crippen LogP contribution in [-0.4, -0.2) is 63.9 Å². The molecule has 1 aromatic carbocycles. The van der Waals surface area contributed by atoms with Gasteiger partial charge >= 0.3 is 0 Å². The van der Waals surface area contributed by atoms with E-state index in [1.165, 1.54) is 4.90 Å². The van der Waals surface area contributed by atoms with Crippen LogP contribution in [0.4, 0.5) is 0 Å². The second kappa shape index (κ2) is 11.3. The van der Waals surface area contributed by atoms with E-state index in [2.05, 4.69) is 15.8 Å². The Hall–Kier alpha value is -1.61. The molecule has 0 unspecified atom stereocenters. The van der Waals surface area contributed by atoms with Crippen molar-refractivity contribution in [1.82, 2.24) is 10.7 Å². The summed E-state index contributed by atoms with van der Waals surface area (Å²) in [6.45, 7) is 9.40. The highest BCUT2D eigenvalue weighted by Crippen LogP contribution is 2.36. The molecule has 0 spiro atoms. The number of hydrogen-bond donors (Lipinski definition) is 3. The first-order valence-corrected chi connectivity index (χ1v) is 9.80. The lowest BCUT2D eigenvalue weighted by Crippen LogP contribution is -3.14. The summed E-state index contributed by atoms with van der Waals surface area (Å²) in [5, 5.41) is 8.26. The second-order valence-corrected chi connectivity index (χ2v) is 7.25. The molecule has 150 valence electrons. The summed E-state index contributed by atoms with van der Waals surface area (Å²) in [6, 6.07) is 3.58. The number of morpholine rings is 1. The first-order chi connectivity index (χ1) is 13.0. The molecule has 7 nitrogen and oxygen atoms in total. The summed E-state index contributed by atoms with van der Waals surface area (Å²) in [4.78, 5) is 1.52. The van der Waals surface area contributed by atoms with Crippen LogP contribution in [0.3, 0.4) is 0 Å². The maximum atomic E-state index is 6.30. The fraction of sp³-hybridized carbons (Fsp3) is 0.556. The number of quaternary nitrogens is 1. The number of hydrogen-bond acceptors (Lipinski definition) is 5. The van der Waals surface area contributed by atoms with Gasteiger partial charge in [0.1, 0.15) is 13.1 Å². The number of methoxy groups -OCH3 is 1. The highest BCUT2D eigenvalue weighted by Gasteiger charge is 2.14. The summed E-state index contributed by atoms with van der Waals surface area (Å²) < 4.78 is 16.4. The monoisotopic (exact) mass is 415 g/mol. The molecule has 2 rings (SSSR count). The van der Waals surface area contributed by atoms with Crippen molar-refractivity contribution in [3.63, 3.8) is 0 Å². The number of rotatable bonds is 8. The maximum Gasteiger partial charge on any atom is 0.187 e. The number of hydrazone groups is 1. The van der Waals surface area contributed by atoms with E-state index in [0.717, 1.165) is 45.0 Å². The molecule has 1 aliphatic heterocycles. The zero-order chi connectivity index (χ0) is 19.6. The van der Waals surface area contributed by atoms with E-state index in [9.17, 15) is 0 Å². The van der Waals surface area contributed by atoms with Gasteiger partial charge in [-0.1, -0.05) is 11.6 Å². The average Bonchev–Trinajstić information content (AvgIpc) is 2.64. The lowest BCUT2D eigenvalue weighted by molar-refractivity contribution is -0.906. The third-order valence-corrected chi connectivity index (χ3v) is 4.47. The van der Waals surface area contributed by atoms with E-state index >= 15 is 0 Å². The van der Waals surface area contributed by atoms with Crippen LogP contribution in [0.25, 0.3) is 0 Å². The van der Waals surface area contributed by atoms with Gasteiger partial charge in [-0.25, -0.2) is 0 Å². The minimum absolute atomic E-state index is 0.000306. The predicted octanol–water partition coefficient (Wildman–Crippen LogP) is 0.849. The van der Waals surface area contributed by atoms with E-state index in [-0.39, 0.29) is 6.10 Å². The fourth-order valence-electron chi connectivity index (χ4n) is 2.63. The zero-order valence-corrected chi connectivity index (χ0v) is 17.6. The van der Waals surface area contributed by atoms with Crippen LogP contribution in [0.15, 0.2) is 17.2 Å². The van der Waals surface area contributed by atoms with Crippen LogP contribution in [0.5, 0.6) is 11.5 Å². The van der Waals surface area contributed by atoms with Crippen molar-refractivity contribution in [3.8, 4) is 11.5 Å². The van der Waals surface area contributed by atoms with E-state index in [0.29, 0.717) is 21.6 Å². The van der Waals surface area contributed by atoms with Crippen molar-refractivity contribution in [3.05, 3.63) is 22.7 Å². The Morgan fingerprint density at radius 1 is 1.41 bits per heavy atom. The standard InChI is InChI=1S/C18H27ClN4O3S/c1-13(2)26-17-15(19)10-14(11-16(17)24-3)12-21-22-18(27)20-4-5-23-6-8-25-9-7-23/h10-13H,4-9H2,1-3H3,(H2,20,22,27)/p+1/b21-12-. The van der Waals surface area contributed by atoms with Crippen LogP contribution in [0, 0.1) is 0 Å². The third-order valence-electron chi connectivity index (χ3n) is 3.95. The molecule has 27 heavy (non-hydrogen) atoms. The first-order valence-electron chi connectivity index (χ1n) is 9.02. The molecule has 0 saturated carbocycles. The molecule has 1 fully saturated rings. The van der Waals surface area contributed by atoms with E-state index < -0.39 is 0 Å². The minimum atomic E-state index is 0.000306. The average molecular weight is 416 g/mol. The van der Waals surface area contributed by atoms with E-state index in [1.54, 1.807) is 19.4 Å². The van der Waals surface area contributed by atoms with Crippen LogP contribution in [0.1, 0.15) is 19.4 Å². The molecule has 3 N–H and O–H groups in total. The molecule has 0 amide bonds. The maximum absolute atomic E-state index is 6.30. The number of thiocarbonyl (C=S) groups is 1. The molecular weight excluding hydrogens is 388 g/mol. The molecule has 0 radical (unpaired) electrons. The smallest absolute Gasteiger partial charge is 0.187 e. The minimum Gasteiger partial charge on any atom is -0.493 e. The van der Waals surface area contributed by atoms with Gasteiger partial charge in [0.05, 0.1) is 50.8 Å². The van der Waals surface area contributed by atoms with Gasteiger partial charge in [0.2, 0.25) is 0 Å². The lowest BCUT2D eigenvalue weighted by atomic mass is 10.2. The van der Waals surface area contributed by atoms with Crippen LogP contribution < -0.4 is 25.1 Å². The Morgan fingerprint density at radius 2 is 2.15 bits per heavy atom. The fourth-order valence-corrected chi connectivity index (χ4v) is 3.05. The molecule has 0 aliphatic carbocycles. The topological polar surface area (TPSA) is 68.5 Å². The van der Waals surface area contributed by atoms with Crippen LogP contribution in [0.2, 0.25) is 5.02 Å². The number of ether oxygens (including phenoxy) is 3. The quantitative estimate of drug-likeness (QED) is 0.332. The van der Waals surface area contributed by atoms with Gasteiger partial charge in [-0.3, -0.25) is 5.43 Å². The van der Waals surface area contributed by atoms with Gasteiger partial charge in [-0.2, -0.15) is 5.10 Å². The highest BCUT2D eigenvalue weighted by atomic mass is 35.5. The van der Waals surface area contributed by atoms with Gasteiger partial charge in [0.15, 0.2) is 16.6 Å². The van der Waals surface area contributed by atoms with Crippen molar-refractivity contribution in [2.75, 3.05) is 46.5 Å². The summed E-state index contributed by atoms with van der Waals surface area (Å²) in [7, 11) is 1.58. The largest absolute Gasteiger partial charge is 0.493 e. The highest BCUT2D eigenvalue weighted by molar-refractivity contribution is 7.80. The predicted molar refractivity (Wildman–Crippen MR) is 111 cm³/mol. The molecule has 0 bridgehead atoms. The lowest BCUT2D eigenvalue weighted by Gasteiger charge is -2.23. The van der Waals surface area contributed by atoms with E-state index in [1.807, 2.05) is 19.9 Å². The molecule has 0 atom stereocenters. The number of benzene rings is 1. The summed E-state index contributed by atoms with van der Waals surface area (Å²) in [5.41, 5.74) is 3.59. The molecular formula is C18H28ClN4O3S+. The van der Waals surface area contributed by atoms with Crippen molar-refractivity contribution >= 4 is 35.1 Å². The third kappa shape index (κ3) is 7.50. The van der Waals surface area contributed by atoms with Gasteiger partial charge in [0.25, 0.3) is 0 Å². The second-order valence-electron chi connectivity index (χ2n) is 6.44. The van der Waals surface area contributed by atoms with E-state index in [4.69, 9.17) is 38.0 Å². The summed E-state index contributed by atoms with van der Waals surface area (Å²) in [5.74, 6) is 1.09. The van der Waals surface area contributed by atoms with Gasteiger partial charge < -0.3 is 24.4 Å². The molecule has 1 aliphatic rings. The summed E-state index contributed by atoms with van der Waals surface area (Å²) in [6.07, 6.45) is 1.63. The number of nitrogens with one attached hydrogen (secondary N) is 3. The number of nitrogens with zero attached hydrogens (tertiary/aromatic N) is 1. The SMILES string of the molecule is COc1cc(/C=N\NC(=S)NCC[NH+]2CCOCC2)cc(Cl)c1OC(C)C. The molecule has 1 heterocycles. The Bertz CT molecular complexity index is 652. The van der Waals surface area contributed by atoms with Crippen molar-refractivity contribution in [1.29, 1.82) is 0 Å². The van der Waals surface area contributed by atoms with Gasteiger partial charge in [-0.05, 0) is 43.8 Å². The normalized spacial score (nSPS) is 15.1. The molecule has 0 aromatic heterocycles. The first kappa shape index (κ1) is 21.7. The molecule has 1 saturated heterocycles. The number of halogens is 1. The van der Waals surface area contributed by atoms with Gasteiger partial charge in [0, 0.05) is 0 Å². The summed E-state index contributed by atoms with van der Waals surface area (Å²) >= 11 is 11.5.